The first-order chi connectivity index (χ1) is 14.4. The van der Waals surface area contributed by atoms with Gasteiger partial charge in [0.05, 0.1) is 0 Å². The van der Waals surface area contributed by atoms with Gasteiger partial charge in [0.2, 0.25) is 0 Å². The zero-order chi connectivity index (χ0) is 21.9. The Morgan fingerprint density at radius 1 is 0.633 bits per heavy atom. The third-order valence-electron chi connectivity index (χ3n) is 4.41. The molecular formula is C26H28Cl2HfSi-2. The molecule has 0 unspecified atom stereocenters. The average molecular weight is 618 g/mol. The van der Waals surface area contributed by atoms with Crippen LogP contribution in [0.1, 0.15) is 11.1 Å². The predicted molar refractivity (Wildman–Crippen MR) is 134 cm³/mol. The molecule has 0 aliphatic rings. The Labute approximate surface area is 196 Å². The van der Waals surface area contributed by atoms with Gasteiger partial charge in [0.1, 0.15) is 0 Å². The number of hydrogen-bond acceptors (Lipinski definition) is 0. The Morgan fingerprint density at radius 2 is 0.967 bits per heavy atom. The SMILES string of the molecule is C[Si](C)=[Hf]([Cl])[Cl].Cc1cc(-c2ccccc2)c[cH-]1.Cc1cc(-c2ccccc2)c[cH-]1. The number of hydrogen-bond donors (Lipinski definition) is 0. The molecule has 4 rings (SSSR count). The zero-order valence-corrected chi connectivity index (χ0v) is 24.1. The minimum atomic E-state index is -1.78. The number of halogens is 2. The van der Waals surface area contributed by atoms with Crippen molar-refractivity contribution < 1.29 is 17.7 Å². The maximum atomic E-state index is 5.64. The van der Waals surface area contributed by atoms with E-state index in [-0.39, 0.29) is 5.49 Å². The van der Waals surface area contributed by atoms with Crippen LogP contribution in [0, 0.1) is 13.8 Å². The van der Waals surface area contributed by atoms with Crippen molar-refractivity contribution in [1.29, 1.82) is 0 Å². The van der Waals surface area contributed by atoms with Gasteiger partial charge in [-0.3, -0.25) is 0 Å². The Balaban J connectivity index is 0.000000171. The van der Waals surface area contributed by atoms with E-state index in [2.05, 4.69) is 112 Å². The van der Waals surface area contributed by atoms with Gasteiger partial charge in [-0.15, -0.1) is 0 Å². The molecule has 0 aliphatic carbocycles. The van der Waals surface area contributed by atoms with Crippen LogP contribution in [0.4, 0.5) is 0 Å². The molecule has 0 aromatic heterocycles. The number of benzene rings is 2. The molecule has 0 saturated heterocycles. The fourth-order valence-electron chi connectivity index (χ4n) is 2.75. The van der Waals surface area contributed by atoms with Crippen molar-refractivity contribution in [2.75, 3.05) is 0 Å². The van der Waals surface area contributed by atoms with Crippen LogP contribution in [0.5, 0.6) is 0 Å². The predicted octanol–water partition coefficient (Wildman–Crippen LogP) is 8.93. The summed E-state index contributed by atoms with van der Waals surface area (Å²) >= 11 is -1.78. The molecule has 0 atom stereocenters. The van der Waals surface area contributed by atoms with Gasteiger partial charge in [-0.2, -0.15) is 46.5 Å². The van der Waals surface area contributed by atoms with Crippen molar-refractivity contribution in [3.05, 3.63) is 108 Å². The average Bonchev–Trinajstić information content (AvgIpc) is 3.39. The molecule has 0 spiro atoms. The minimum Gasteiger partial charge on any atom is -0.203 e. The van der Waals surface area contributed by atoms with E-state index in [9.17, 15) is 0 Å². The van der Waals surface area contributed by atoms with Crippen molar-refractivity contribution in [2.45, 2.75) is 26.9 Å². The van der Waals surface area contributed by atoms with Gasteiger partial charge in [-0.25, -0.2) is 12.1 Å². The van der Waals surface area contributed by atoms with Gasteiger partial charge in [0.25, 0.3) is 0 Å². The molecule has 0 radical (unpaired) electrons. The molecule has 30 heavy (non-hydrogen) atoms. The van der Waals surface area contributed by atoms with E-state index in [0.29, 0.717) is 0 Å². The van der Waals surface area contributed by atoms with E-state index >= 15 is 0 Å². The Kier molecular flexibility index (Phi) is 11.1. The summed E-state index contributed by atoms with van der Waals surface area (Å²) in [7, 11) is 11.3. The first-order valence-electron chi connectivity index (χ1n) is 9.93. The van der Waals surface area contributed by atoms with Crippen molar-refractivity contribution in [1.82, 2.24) is 0 Å². The summed E-state index contributed by atoms with van der Waals surface area (Å²) in [5.41, 5.74) is 7.67. The molecule has 156 valence electrons. The number of rotatable bonds is 2. The minimum absolute atomic E-state index is 0.208. The first-order valence-corrected chi connectivity index (χ1v) is 26.7. The largest absolute Gasteiger partial charge is 0.203 e. The normalized spacial score (nSPS) is 9.67. The van der Waals surface area contributed by atoms with Gasteiger partial charge in [0.15, 0.2) is 0 Å². The second-order valence-electron chi connectivity index (χ2n) is 7.35. The standard InChI is InChI=1S/2C12H11.C2H6Si.2ClH.Hf/c2*1-10-7-8-12(9-10)11-5-3-2-4-6-11;1-3-2;;;/h2*2-9H,1H3;1-2H3;2*1H;/q2*-1;;;;+2/p-2. The Bertz CT molecular complexity index is 953. The maximum absolute atomic E-state index is 5.64. The molecule has 0 nitrogen and oxygen atoms in total. The Morgan fingerprint density at radius 3 is 1.20 bits per heavy atom. The molecule has 0 aliphatic heterocycles. The van der Waals surface area contributed by atoms with Crippen molar-refractivity contribution in [3.63, 3.8) is 0 Å². The number of aryl methyl sites for hydroxylation is 2. The summed E-state index contributed by atoms with van der Waals surface area (Å²) in [6, 6.07) is 33.9. The molecule has 0 fully saturated rings. The summed E-state index contributed by atoms with van der Waals surface area (Å²) in [4.78, 5) is 0. The van der Waals surface area contributed by atoms with E-state index in [1.54, 1.807) is 0 Å². The second kappa shape index (κ2) is 13.3. The van der Waals surface area contributed by atoms with Crippen LogP contribution >= 0.6 is 17.2 Å². The molecule has 0 amide bonds. The van der Waals surface area contributed by atoms with Gasteiger partial charge in [-0.1, -0.05) is 85.6 Å². The molecular weight excluding hydrogens is 590 g/mol. The van der Waals surface area contributed by atoms with E-state index < -0.39 is 17.7 Å². The summed E-state index contributed by atoms with van der Waals surface area (Å²) in [5, 5.41) is 0. The van der Waals surface area contributed by atoms with Crippen molar-refractivity contribution in [3.8, 4) is 22.3 Å². The van der Waals surface area contributed by atoms with E-state index in [1.807, 2.05) is 12.1 Å². The van der Waals surface area contributed by atoms with Crippen LogP contribution in [0.25, 0.3) is 22.3 Å². The fraction of sp³-hybridized carbons (Fsp3) is 0.154. The first kappa shape index (κ1) is 25.1. The quantitative estimate of drug-likeness (QED) is 0.156. The molecule has 0 heterocycles. The van der Waals surface area contributed by atoms with Gasteiger partial charge in [-0.05, 0) is 0 Å². The summed E-state index contributed by atoms with van der Waals surface area (Å²) in [6.45, 7) is 8.58. The monoisotopic (exact) mass is 618 g/mol. The van der Waals surface area contributed by atoms with E-state index in [4.69, 9.17) is 17.2 Å². The van der Waals surface area contributed by atoms with Gasteiger partial charge in [0, 0.05) is 0 Å². The fourth-order valence-corrected chi connectivity index (χ4v) is 2.75. The zero-order valence-electron chi connectivity index (χ0n) is 18.0. The smallest absolute Gasteiger partial charge is 0.0623 e. The second-order valence-corrected chi connectivity index (χ2v) is 39.0. The molecule has 0 saturated carbocycles. The molecule has 4 aromatic rings. The van der Waals surface area contributed by atoms with Gasteiger partial charge >= 0.3 is 53.4 Å². The van der Waals surface area contributed by atoms with Crippen LogP contribution in [0.3, 0.4) is 0 Å². The summed E-state index contributed by atoms with van der Waals surface area (Å²) < 4.78 is 0. The molecule has 0 bridgehead atoms. The maximum Gasteiger partial charge on any atom is -0.0623 e. The summed E-state index contributed by atoms with van der Waals surface area (Å²) in [5.74, 6) is 0. The summed E-state index contributed by atoms with van der Waals surface area (Å²) in [6.07, 6.45) is 0. The van der Waals surface area contributed by atoms with Crippen LogP contribution in [-0.4, -0.2) is 5.49 Å². The van der Waals surface area contributed by atoms with E-state index in [1.165, 1.54) is 33.4 Å². The van der Waals surface area contributed by atoms with Crippen LogP contribution in [-0.2, 0) is 17.7 Å². The molecule has 0 N–H and O–H groups in total. The third kappa shape index (κ3) is 8.89. The van der Waals surface area contributed by atoms with E-state index in [0.717, 1.165) is 0 Å². The van der Waals surface area contributed by atoms with Crippen LogP contribution in [0.15, 0.2) is 97.1 Å². The van der Waals surface area contributed by atoms with Crippen LogP contribution < -0.4 is 0 Å². The van der Waals surface area contributed by atoms with Gasteiger partial charge < -0.3 is 0 Å². The third-order valence-corrected chi connectivity index (χ3v) is 31.9. The topological polar surface area (TPSA) is 0 Å². The van der Waals surface area contributed by atoms with Crippen molar-refractivity contribution >= 4 is 22.6 Å². The molecule has 4 aromatic carbocycles. The molecule has 4 heteroatoms. The Hall–Kier alpha value is -1.19. The van der Waals surface area contributed by atoms with Crippen LogP contribution in [0.2, 0.25) is 13.1 Å². The van der Waals surface area contributed by atoms with Crippen molar-refractivity contribution in [2.24, 2.45) is 0 Å².